The molecule has 0 bridgehead atoms. The second kappa shape index (κ2) is 4.38. The molecule has 0 unspecified atom stereocenters. The molecular formula is C17H13N3O. The number of ketones is 1. The maximum absolute atomic E-state index is 12.5. The molecule has 1 aliphatic rings. The van der Waals surface area contributed by atoms with Gasteiger partial charge in [0.1, 0.15) is 0 Å². The van der Waals surface area contributed by atoms with E-state index < -0.39 is 0 Å². The number of aromatic nitrogens is 3. The van der Waals surface area contributed by atoms with E-state index in [1.54, 1.807) is 10.7 Å². The number of hydrogen-bond donors (Lipinski definition) is 0. The molecule has 3 aromatic rings. The van der Waals surface area contributed by atoms with Crippen LogP contribution >= 0.6 is 0 Å². The Hall–Kier alpha value is -2.75. The summed E-state index contributed by atoms with van der Waals surface area (Å²) in [6.45, 7) is 1.97. The van der Waals surface area contributed by atoms with Gasteiger partial charge in [-0.1, -0.05) is 30.3 Å². The van der Waals surface area contributed by atoms with Crippen LogP contribution in [0.1, 0.15) is 22.5 Å². The highest BCUT2D eigenvalue weighted by molar-refractivity contribution is 6.27. The zero-order valence-corrected chi connectivity index (χ0v) is 11.6. The Balaban J connectivity index is 1.98. The van der Waals surface area contributed by atoms with Gasteiger partial charge in [0.15, 0.2) is 11.4 Å². The average Bonchev–Trinajstić information content (AvgIpc) is 2.96. The van der Waals surface area contributed by atoms with E-state index in [1.165, 1.54) is 0 Å². The van der Waals surface area contributed by atoms with Crippen LogP contribution in [0.15, 0.2) is 42.6 Å². The number of nitrogens with zero attached hydrogens (tertiary/aromatic N) is 3. The Morgan fingerprint density at radius 1 is 1.14 bits per heavy atom. The molecular weight excluding hydrogens is 262 g/mol. The van der Waals surface area contributed by atoms with E-state index in [4.69, 9.17) is 0 Å². The first kappa shape index (κ1) is 12.0. The van der Waals surface area contributed by atoms with Crippen molar-refractivity contribution in [3.05, 3.63) is 65.1 Å². The maximum Gasteiger partial charge on any atom is 0.169 e. The number of rotatable bonds is 1. The van der Waals surface area contributed by atoms with Gasteiger partial charge in [-0.15, -0.1) is 0 Å². The predicted molar refractivity (Wildman–Crippen MR) is 80.7 cm³/mol. The number of carbonyl (C=O) groups is 1. The topological polar surface area (TPSA) is 47.3 Å². The van der Waals surface area contributed by atoms with Gasteiger partial charge in [0.2, 0.25) is 0 Å². The van der Waals surface area contributed by atoms with Gasteiger partial charge in [-0.25, -0.2) is 9.50 Å². The number of allylic oxidation sites excluding steroid dienone is 1. The Morgan fingerprint density at radius 3 is 2.76 bits per heavy atom. The van der Waals surface area contributed by atoms with Crippen LogP contribution in [-0.4, -0.2) is 20.4 Å². The van der Waals surface area contributed by atoms with Gasteiger partial charge in [0.25, 0.3) is 0 Å². The Kier molecular flexibility index (Phi) is 2.51. The van der Waals surface area contributed by atoms with Gasteiger partial charge in [0, 0.05) is 22.9 Å². The Bertz CT molecular complexity index is 891. The minimum absolute atomic E-state index is 0.121. The highest BCUT2D eigenvalue weighted by atomic mass is 16.1. The standard InChI is InChI=1S/C17H13N3O/c1-11-13-9-14(12-5-3-2-4-6-12)16(21)10-15(13)20-17(19-11)7-8-18-20/h2-9H,10H2,1H3. The van der Waals surface area contributed by atoms with Crippen molar-refractivity contribution in [3.63, 3.8) is 0 Å². The molecule has 4 rings (SSSR count). The average molecular weight is 275 g/mol. The van der Waals surface area contributed by atoms with Crippen molar-refractivity contribution in [3.8, 4) is 0 Å². The van der Waals surface area contributed by atoms with Crippen molar-refractivity contribution in [2.45, 2.75) is 13.3 Å². The summed E-state index contributed by atoms with van der Waals surface area (Å²) in [6, 6.07) is 11.6. The number of hydrogen-bond acceptors (Lipinski definition) is 3. The van der Waals surface area contributed by atoms with Gasteiger partial charge in [0.05, 0.1) is 18.3 Å². The molecule has 0 N–H and O–H groups in total. The Labute approximate surface area is 121 Å². The van der Waals surface area contributed by atoms with Crippen LogP contribution in [0, 0.1) is 6.92 Å². The van der Waals surface area contributed by atoms with Gasteiger partial charge in [-0.3, -0.25) is 4.79 Å². The van der Waals surface area contributed by atoms with Crippen LogP contribution in [-0.2, 0) is 11.2 Å². The molecule has 0 saturated heterocycles. The minimum Gasteiger partial charge on any atom is -0.294 e. The molecule has 21 heavy (non-hydrogen) atoms. The number of benzene rings is 1. The summed E-state index contributed by atoms with van der Waals surface area (Å²) in [5.74, 6) is 0.121. The van der Waals surface area contributed by atoms with E-state index in [-0.39, 0.29) is 5.78 Å². The van der Waals surface area contributed by atoms with Crippen LogP contribution in [0.2, 0.25) is 0 Å². The molecule has 4 heteroatoms. The first-order valence-electron chi connectivity index (χ1n) is 6.87. The molecule has 0 fully saturated rings. The summed E-state index contributed by atoms with van der Waals surface area (Å²) >= 11 is 0. The minimum atomic E-state index is 0.121. The van der Waals surface area contributed by atoms with E-state index in [0.717, 1.165) is 33.7 Å². The summed E-state index contributed by atoms with van der Waals surface area (Å²) in [4.78, 5) is 17.1. The molecule has 0 saturated carbocycles. The first-order valence-corrected chi connectivity index (χ1v) is 6.87. The maximum atomic E-state index is 12.5. The molecule has 0 aliphatic heterocycles. The van der Waals surface area contributed by atoms with Crippen LogP contribution in [0.4, 0.5) is 0 Å². The lowest BCUT2D eigenvalue weighted by molar-refractivity contribution is -0.113. The molecule has 2 heterocycles. The monoisotopic (exact) mass is 275 g/mol. The number of Topliss-reactive ketones (excluding diaryl/α,β-unsaturated/α-hetero) is 1. The molecule has 0 radical (unpaired) electrons. The summed E-state index contributed by atoms with van der Waals surface area (Å²) in [7, 11) is 0. The first-order chi connectivity index (χ1) is 10.2. The zero-order valence-electron chi connectivity index (χ0n) is 11.6. The number of carbonyl (C=O) groups excluding carboxylic acids is 1. The fourth-order valence-corrected chi connectivity index (χ4v) is 2.84. The van der Waals surface area contributed by atoms with Crippen molar-refractivity contribution < 1.29 is 4.79 Å². The Morgan fingerprint density at radius 2 is 1.95 bits per heavy atom. The summed E-state index contributed by atoms with van der Waals surface area (Å²) < 4.78 is 1.76. The van der Waals surface area contributed by atoms with Gasteiger partial charge in [-0.05, 0) is 18.6 Å². The lowest BCUT2D eigenvalue weighted by Gasteiger charge is -2.18. The molecule has 0 spiro atoms. The molecule has 2 aromatic heterocycles. The van der Waals surface area contributed by atoms with Crippen LogP contribution in [0.3, 0.4) is 0 Å². The smallest absolute Gasteiger partial charge is 0.169 e. The van der Waals surface area contributed by atoms with Crippen LogP contribution in [0.5, 0.6) is 0 Å². The molecule has 0 atom stereocenters. The van der Waals surface area contributed by atoms with E-state index in [9.17, 15) is 4.79 Å². The lowest BCUT2D eigenvalue weighted by atomic mass is 9.90. The summed E-state index contributed by atoms with van der Waals surface area (Å²) in [6.07, 6.45) is 4.01. The SMILES string of the molecule is Cc1nc2ccnn2c2c1C=C(c1ccccc1)C(=O)C2. The van der Waals surface area contributed by atoms with Gasteiger partial charge in [-0.2, -0.15) is 5.10 Å². The van der Waals surface area contributed by atoms with Crippen molar-refractivity contribution in [1.29, 1.82) is 0 Å². The lowest BCUT2D eigenvalue weighted by Crippen LogP contribution is -2.17. The second-order valence-electron chi connectivity index (χ2n) is 5.18. The second-order valence-corrected chi connectivity index (χ2v) is 5.18. The van der Waals surface area contributed by atoms with Gasteiger partial charge < -0.3 is 0 Å². The summed E-state index contributed by atoms with van der Waals surface area (Å²) in [5, 5.41) is 4.28. The third-order valence-electron chi connectivity index (χ3n) is 3.86. The molecule has 0 amide bonds. The normalized spacial score (nSPS) is 14.1. The molecule has 102 valence electrons. The highest BCUT2D eigenvalue weighted by Gasteiger charge is 2.24. The summed E-state index contributed by atoms with van der Waals surface area (Å²) in [5.41, 5.74) is 5.35. The molecule has 4 nitrogen and oxygen atoms in total. The van der Waals surface area contributed by atoms with Crippen LogP contribution < -0.4 is 0 Å². The van der Waals surface area contributed by atoms with Crippen molar-refractivity contribution in [2.75, 3.05) is 0 Å². The molecule has 1 aliphatic carbocycles. The van der Waals surface area contributed by atoms with Crippen molar-refractivity contribution >= 4 is 23.1 Å². The van der Waals surface area contributed by atoms with Crippen molar-refractivity contribution in [1.82, 2.24) is 14.6 Å². The third kappa shape index (κ3) is 1.80. The third-order valence-corrected chi connectivity index (χ3v) is 3.86. The van der Waals surface area contributed by atoms with Gasteiger partial charge >= 0.3 is 0 Å². The quantitative estimate of drug-likeness (QED) is 0.686. The fraction of sp³-hybridized carbons (Fsp3) is 0.118. The molecule has 1 aromatic carbocycles. The van der Waals surface area contributed by atoms with Crippen molar-refractivity contribution in [2.24, 2.45) is 0 Å². The van der Waals surface area contributed by atoms with E-state index >= 15 is 0 Å². The number of aryl methyl sites for hydroxylation is 1. The van der Waals surface area contributed by atoms with E-state index in [2.05, 4.69) is 10.1 Å². The zero-order chi connectivity index (χ0) is 14.4. The van der Waals surface area contributed by atoms with E-state index in [1.807, 2.05) is 49.4 Å². The van der Waals surface area contributed by atoms with Crippen LogP contribution in [0.25, 0.3) is 17.3 Å². The largest absolute Gasteiger partial charge is 0.294 e. The number of fused-ring (bicyclic) bond motifs is 3. The predicted octanol–water partition coefficient (Wildman–Crippen LogP) is 2.70. The van der Waals surface area contributed by atoms with E-state index in [0.29, 0.717) is 6.42 Å². The fourth-order valence-electron chi connectivity index (χ4n) is 2.84. The highest BCUT2D eigenvalue weighted by Crippen LogP contribution is 2.29.